The number of benzene rings is 1. The van der Waals surface area contributed by atoms with Gasteiger partial charge in [0.2, 0.25) is 0 Å². The smallest absolute Gasteiger partial charge is 0.321 e. The van der Waals surface area contributed by atoms with Crippen LogP contribution in [0.5, 0.6) is 0 Å². The van der Waals surface area contributed by atoms with E-state index < -0.39 is 18.1 Å². The van der Waals surface area contributed by atoms with Gasteiger partial charge >= 0.3 is 6.18 Å². The summed E-state index contributed by atoms with van der Waals surface area (Å²) in [6.07, 6.45) is -0.0317. The standard InChI is InChI=1S/C14H18F3N/c15-14(16,17)10-11-5-4-6-12(9-11)13(18)7-2-1-3-8-13/h4-6,9H,1-3,7-8,10,18H2. The molecule has 1 aliphatic carbocycles. The van der Waals surface area contributed by atoms with Crippen molar-refractivity contribution < 1.29 is 13.2 Å². The molecule has 0 aromatic heterocycles. The molecule has 0 radical (unpaired) electrons. The fourth-order valence-corrected chi connectivity index (χ4v) is 2.69. The molecule has 100 valence electrons. The van der Waals surface area contributed by atoms with Crippen LogP contribution in [0.1, 0.15) is 43.2 Å². The molecule has 0 saturated heterocycles. The molecule has 2 N–H and O–H groups in total. The Balaban J connectivity index is 2.21. The highest BCUT2D eigenvalue weighted by atomic mass is 19.4. The van der Waals surface area contributed by atoms with Crippen LogP contribution in [0.25, 0.3) is 0 Å². The Bertz CT molecular complexity index is 406. The average Bonchev–Trinajstić information content (AvgIpc) is 2.28. The summed E-state index contributed by atoms with van der Waals surface area (Å²) >= 11 is 0. The van der Waals surface area contributed by atoms with Gasteiger partial charge in [-0.05, 0) is 24.0 Å². The number of nitrogens with two attached hydrogens (primary N) is 1. The second-order valence-electron chi connectivity index (χ2n) is 5.21. The molecule has 18 heavy (non-hydrogen) atoms. The van der Waals surface area contributed by atoms with Crippen LogP contribution < -0.4 is 5.73 Å². The summed E-state index contributed by atoms with van der Waals surface area (Å²) < 4.78 is 37.1. The van der Waals surface area contributed by atoms with Crippen LogP contribution in [0.15, 0.2) is 24.3 Å². The van der Waals surface area contributed by atoms with E-state index in [0.29, 0.717) is 5.56 Å². The fraction of sp³-hybridized carbons (Fsp3) is 0.571. The second kappa shape index (κ2) is 4.92. The van der Waals surface area contributed by atoms with Gasteiger partial charge in [0.05, 0.1) is 6.42 Å². The summed E-state index contributed by atoms with van der Waals surface area (Å²) in [7, 11) is 0. The van der Waals surface area contributed by atoms with Crippen molar-refractivity contribution in [1.82, 2.24) is 0 Å². The molecule has 0 heterocycles. The van der Waals surface area contributed by atoms with E-state index in [4.69, 9.17) is 5.73 Å². The van der Waals surface area contributed by atoms with Crippen molar-refractivity contribution in [1.29, 1.82) is 0 Å². The number of hydrogen-bond donors (Lipinski definition) is 1. The summed E-state index contributed by atoms with van der Waals surface area (Å²) in [4.78, 5) is 0. The van der Waals surface area contributed by atoms with Crippen molar-refractivity contribution in [3.63, 3.8) is 0 Å². The Morgan fingerprint density at radius 3 is 2.39 bits per heavy atom. The summed E-state index contributed by atoms with van der Waals surface area (Å²) in [5.41, 5.74) is 7.05. The molecule has 0 atom stereocenters. The maximum atomic E-state index is 12.4. The van der Waals surface area contributed by atoms with Crippen LogP contribution in [-0.4, -0.2) is 6.18 Å². The topological polar surface area (TPSA) is 26.0 Å². The number of halogens is 3. The Hall–Kier alpha value is -1.03. The van der Waals surface area contributed by atoms with E-state index >= 15 is 0 Å². The number of alkyl halides is 3. The zero-order chi connectivity index (χ0) is 13.2. The highest BCUT2D eigenvalue weighted by molar-refractivity contribution is 5.30. The molecule has 0 unspecified atom stereocenters. The molecule has 1 aliphatic rings. The van der Waals surface area contributed by atoms with Gasteiger partial charge in [0.1, 0.15) is 0 Å². The summed E-state index contributed by atoms with van der Waals surface area (Å²) in [5.74, 6) is 0. The average molecular weight is 257 g/mol. The van der Waals surface area contributed by atoms with E-state index in [1.807, 2.05) is 6.07 Å². The highest BCUT2D eigenvalue weighted by Crippen LogP contribution is 2.35. The van der Waals surface area contributed by atoms with Gasteiger partial charge in [0, 0.05) is 5.54 Å². The van der Waals surface area contributed by atoms with Crippen molar-refractivity contribution in [2.24, 2.45) is 5.73 Å². The molecule has 0 amide bonds. The predicted molar refractivity (Wildman–Crippen MR) is 65.2 cm³/mol. The minimum absolute atomic E-state index is 0.301. The molecule has 1 aromatic rings. The minimum Gasteiger partial charge on any atom is -0.321 e. The fourth-order valence-electron chi connectivity index (χ4n) is 2.69. The van der Waals surface area contributed by atoms with Gasteiger partial charge < -0.3 is 5.73 Å². The van der Waals surface area contributed by atoms with Crippen LogP contribution in [-0.2, 0) is 12.0 Å². The summed E-state index contributed by atoms with van der Waals surface area (Å²) in [6, 6.07) is 6.67. The Labute approximate surface area is 105 Å². The van der Waals surface area contributed by atoms with E-state index in [1.165, 1.54) is 12.5 Å². The van der Waals surface area contributed by atoms with Crippen LogP contribution in [0.2, 0.25) is 0 Å². The third kappa shape index (κ3) is 3.25. The monoisotopic (exact) mass is 257 g/mol. The molecule has 0 bridgehead atoms. The predicted octanol–water partition coefficient (Wildman–Crippen LogP) is 3.91. The lowest BCUT2D eigenvalue weighted by molar-refractivity contribution is -0.127. The Morgan fingerprint density at radius 2 is 1.78 bits per heavy atom. The summed E-state index contributed by atoms with van der Waals surface area (Å²) in [5, 5.41) is 0. The van der Waals surface area contributed by atoms with Crippen LogP contribution in [0.3, 0.4) is 0 Å². The lowest BCUT2D eigenvalue weighted by Gasteiger charge is -2.34. The molecule has 0 aliphatic heterocycles. The van der Waals surface area contributed by atoms with Crippen LogP contribution in [0.4, 0.5) is 13.2 Å². The maximum Gasteiger partial charge on any atom is 0.393 e. The van der Waals surface area contributed by atoms with Crippen molar-refractivity contribution in [2.45, 2.75) is 50.2 Å². The van der Waals surface area contributed by atoms with E-state index in [0.717, 1.165) is 31.2 Å². The van der Waals surface area contributed by atoms with Gasteiger partial charge in [0.25, 0.3) is 0 Å². The van der Waals surface area contributed by atoms with E-state index in [9.17, 15) is 13.2 Å². The van der Waals surface area contributed by atoms with Gasteiger partial charge in [-0.1, -0.05) is 43.5 Å². The lowest BCUT2D eigenvalue weighted by atomic mass is 9.77. The maximum absolute atomic E-state index is 12.4. The highest BCUT2D eigenvalue weighted by Gasteiger charge is 2.31. The quantitative estimate of drug-likeness (QED) is 0.854. The number of rotatable bonds is 2. The first-order valence-corrected chi connectivity index (χ1v) is 6.34. The molecule has 4 heteroatoms. The second-order valence-corrected chi connectivity index (χ2v) is 5.21. The Kier molecular flexibility index (Phi) is 3.66. The van der Waals surface area contributed by atoms with E-state index in [1.54, 1.807) is 12.1 Å². The molecule has 2 rings (SSSR count). The van der Waals surface area contributed by atoms with Gasteiger partial charge in [-0.15, -0.1) is 0 Å². The normalized spacial score (nSPS) is 19.8. The van der Waals surface area contributed by atoms with Crippen molar-refractivity contribution in [2.75, 3.05) is 0 Å². The molecule has 1 aromatic carbocycles. The zero-order valence-electron chi connectivity index (χ0n) is 10.3. The largest absolute Gasteiger partial charge is 0.393 e. The molecule has 1 fully saturated rings. The van der Waals surface area contributed by atoms with E-state index in [-0.39, 0.29) is 0 Å². The first-order chi connectivity index (χ1) is 8.39. The lowest BCUT2D eigenvalue weighted by Crippen LogP contribution is -2.38. The van der Waals surface area contributed by atoms with E-state index in [2.05, 4.69) is 0 Å². The molecular weight excluding hydrogens is 239 g/mol. The van der Waals surface area contributed by atoms with Gasteiger partial charge in [0.15, 0.2) is 0 Å². The first-order valence-electron chi connectivity index (χ1n) is 6.34. The molecular formula is C14H18F3N. The first kappa shape index (κ1) is 13.4. The van der Waals surface area contributed by atoms with Gasteiger partial charge in [-0.2, -0.15) is 13.2 Å². The van der Waals surface area contributed by atoms with Crippen molar-refractivity contribution in [3.05, 3.63) is 35.4 Å². The zero-order valence-corrected chi connectivity index (χ0v) is 10.3. The summed E-state index contributed by atoms with van der Waals surface area (Å²) in [6.45, 7) is 0. The van der Waals surface area contributed by atoms with Crippen LogP contribution >= 0.6 is 0 Å². The molecule has 1 saturated carbocycles. The van der Waals surface area contributed by atoms with Gasteiger partial charge in [-0.3, -0.25) is 0 Å². The SMILES string of the molecule is NC1(c2cccc(CC(F)(F)F)c2)CCCCC1. The number of hydrogen-bond acceptors (Lipinski definition) is 1. The van der Waals surface area contributed by atoms with Crippen molar-refractivity contribution in [3.8, 4) is 0 Å². The van der Waals surface area contributed by atoms with Gasteiger partial charge in [-0.25, -0.2) is 0 Å². The Morgan fingerprint density at radius 1 is 1.11 bits per heavy atom. The van der Waals surface area contributed by atoms with Crippen LogP contribution in [0, 0.1) is 0 Å². The molecule has 0 spiro atoms. The minimum atomic E-state index is -4.16. The third-order valence-electron chi connectivity index (χ3n) is 3.65. The third-order valence-corrected chi connectivity index (χ3v) is 3.65. The molecule has 1 nitrogen and oxygen atoms in total. The van der Waals surface area contributed by atoms with Crippen molar-refractivity contribution >= 4 is 0 Å².